The fraction of sp³-hybridized carbons (Fsp3) is 0. The van der Waals surface area contributed by atoms with Gasteiger partial charge in [0.25, 0.3) is 0 Å². The molecule has 10 rings (SSSR count). The van der Waals surface area contributed by atoms with Crippen molar-refractivity contribution in [2.45, 2.75) is 0 Å². The van der Waals surface area contributed by atoms with Gasteiger partial charge < -0.3 is 4.90 Å². The third-order valence-corrected chi connectivity index (χ3v) is 11.1. The van der Waals surface area contributed by atoms with Crippen LogP contribution in [0.4, 0.5) is 17.1 Å². The van der Waals surface area contributed by atoms with E-state index in [1.165, 1.54) is 77.2 Å². The van der Waals surface area contributed by atoms with Crippen LogP contribution in [-0.4, -0.2) is 0 Å². The zero-order valence-electron chi connectivity index (χ0n) is 31.5. The van der Waals surface area contributed by atoms with E-state index in [0.717, 1.165) is 17.1 Å². The molecule has 0 saturated heterocycles. The molecule has 0 aliphatic carbocycles. The Morgan fingerprint density at radius 2 is 0.684 bits per heavy atom. The zero-order valence-corrected chi connectivity index (χ0v) is 31.5. The molecule has 0 fully saturated rings. The molecule has 0 heterocycles. The van der Waals surface area contributed by atoms with E-state index in [0.29, 0.717) is 0 Å². The summed E-state index contributed by atoms with van der Waals surface area (Å²) in [6, 6.07) is 85.5. The lowest BCUT2D eigenvalue weighted by atomic mass is 9.90. The van der Waals surface area contributed by atoms with Gasteiger partial charge in [-0.3, -0.25) is 0 Å². The number of nitrogens with zero attached hydrogens (tertiary/aromatic N) is 1. The molecule has 10 aromatic rings. The average molecular weight is 726 g/mol. The summed E-state index contributed by atoms with van der Waals surface area (Å²) in [5, 5.41) is 5.03. The Morgan fingerprint density at radius 3 is 1.37 bits per heavy atom. The predicted molar refractivity (Wildman–Crippen MR) is 243 cm³/mol. The summed E-state index contributed by atoms with van der Waals surface area (Å²) in [5.41, 5.74) is 15.4. The van der Waals surface area contributed by atoms with Crippen LogP contribution in [0.2, 0.25) is 0 Å². The Kier molecular flexibility index (Phi) is 8.95. The van der Waals surface area contributed by atoms with Gasteiger partial charge in [0.2, 0.25) is 0 Å². The molecule has 1 heteroatoms. The lowest BCUT2D eigenvalue weighted by molar-refractivity contribution is 1.28. The van der Waals surface area contributed by atoms with Gasteiger partial charge in [0.05, 0.1) is 0 Å². The first-order valence-electron chi connectivity index (χ1n) is 19.6. The van der Waals surface area contributed by atoms with Crippen LogP contribution in [0, 0.1) is 0 Å². The summed E-state index contributed by atoms with van der Waals surface area (Å²) < 4.78 is 0. The highest BCUT2D eigenvalue weighted by molar-refractivity contribution is 6.04. The van der Waals surface area contributed by atoms with Crippen LogP contribution in [0.3, 0.4) is 0 Å². The maximum Gasteiger partial charge on any atom is 0.0467 e. The van der Waals surface area contributed by atoms with E-state index in [2.05, 4.69) is 241 Å². The first-order chi connectivity index (χ1) is 28.3. The normalized spacial score (nSPS) is 11.2. The smallest absolute Gasteiger partial charge is 0.0467 e. The molecular formula is C56H39N. The Bertz CT molecular complexity index is 2960. The molecule has 1 nitrogen and oxygen atoms in total. The third-order valence-electron chi connectivity index (χ3n) is 11.1. The van der Waals surface area contributed by atoms with E-state index in [4.69, 9.17) is 0 Å². The molecule has 0 unspecified atom stereocenters. The van der Waals surface area contributed by atoms with Gasteiger partial charge >= 0.3 is 0 Å². The maximum atomic E-state index is 2.36. The minimum absolute atomic E-state index is 1.10. The molecular weight excluding hydrogens is 687 g/mol. The quantitative estimate of drug-likeness (QED) is 0.151. The van der Waals surface area contributed by atoms with Gasteiger partial charge in [0, 0.05) is 17.1 Å². The maximum absolute atomic E-state index is 2.36. The molecule has 0 spiro atoms. The largest absolute Gasteiger partial charge is 0.310 e. The van der Waals surface area contributed by atoms with Crippen molar-refractivity contribution in [2.24, 2.45) is 0 Å². The molecule has 0 N–H and O–H groups in total. The number of hydrogen-bond acceptors (Lipinski definition) is 1. The lowest BCUT2D eigenvalue weighted by Gasteiger charge is -2.26. The van der Waals surface area contributed by atoms with Crippen molar-refractivity contribution in [2.75, 3.05) is 4.90 Å². The van der Waals surface area contributed by atoms with Crippen molar-refractivity contribution in [3.8, 4) is 55.6 Å². The van der Waals surface area contributed by atoms with Gasteiger partial charge in [-0.1, -0.05) is 200 Å². The van der Waals surface area contributed by atoms with Crippen LogP contribution in [0.5, 0.6) is 0 Å². The molecule has 57 heavy (non-hydrogen) atoms. The van der Waals surface area contributed by atoms with Crippen molar-refractivity contribution in [3.05, 3.63) is 237 Å². The first-order valence-corrected chi connectivity index (χ1v) is 19.6. The second-order valence-electron chi connectivity index (χ2n) is 14.5. The minimum Gasteiger partial charge on any atom is -0.310 e. The van der Waals surface area contributed by atoms with Crippen molar-refractivity contribution in [1.82, 2.24) is 0 Å². The molecule has 0 amide bonds. The fourth-order valence-electron chi connectivity index (χ4n) is 8.24. The molecule has 10 aromatic carbocycles. The summed E-state index contributed by atoms with van der Waals surface area (Å²) in [4.78, 5) is 2.36. The topological polar surface area (TPSA) is 3.24 Å². The standard InChI is InChI=1S/C56H39N/c1-3-13-40(14-4-1)48-20-11-21-51(39-48)57(49-34-29-42(30-35-49)41-25-27-45(28-26-41)53-24-12-19-43-15-7-9-22-52(43)53)50-36-31-46(32-37-50)55-38-33-44-16-8-10-23-54(44)56(55)47-17-5-2-6-18-47/h1-39H. The van der Waals surface area contributed by atoms with Crippen LogP contribution < -0.4 is 4.90 Å². The number of anilines is 3. The van der Waals surface area contributed by atoms with E-state index in [1.807, 2.05) is 0 Å². The highest BCUT2D eigenvalue weighted by Gasteiger charge is 2.17. The second kappa shape index (κ2) is 15.0. The summed E-state index contributed by atoms with van der Waals surface area (Å²) in [7, 11) is 0. The van der Waals surface area contributed by atoms with Gasteiger partial charge in [-0.05, 0) is 114 Å². The Hall–Kier alpha value is -7.48. The summed E-state index contributed by atoms with van der Waals surface area (Å²) in [6.45, 7) is 0. The molecule has 0 bridgehead atoms. The van der Waals surface area contributed by atoms with E-state index in [-0.39, 0.29) is 0 Å². The van der Waals surface area contributed by atoms with Gasteiger partial charge in [0.1, 0.15) is 0 Å². The first kappa shape index (κ1) is 34.0. The minimum atomic E-state index is 1.10. The van der Waals surface area contributed by atoms with Gasteiger partial charge in [-0.15, -0.1) is 0 Å². The number of benzene rings is 10. The summed E-state index contributed by atoms with van der Waals surface area (Å²) >= 11 is 0. The molecule has 0 aliphatic heterocycles. The Morgan fingerprint density at radius 1 is 0.228 bits per heavy atom. The van der Waals surface area contributed by atoms with E-state index < -0.39 is 0 Å². The molecule has 0 aromatic heterocycles. The van der Waals surface area contributed by atoms with Crippen LogP contribution >= 0.6 is 0 Å². The molecule has 0 aliphatic rings. The SMILES string of the molecule is c1ccc(-c2cccc(N(c3ccc(-c4ccc(-c5cccc6ccccc56)cc4)cc3)c3ccc(-c4ccc5ccccc5c4-c4ccccc4)cc3)c2)cc1. The Labute approximate surface area is 334 Å². The van der Waals surface area contributed by atoms with Crippen molar-refractivity contribution >= 4 is 38.6 Å². The average Bonchev–Trinajstić information content (AvgIpc) is 3.30. The lowest BCUT2D eigenvalue weighted by Crippen LogP contribution is -2.10. The van der Waals surface area contributed by atoms with Crippen LogP contribution in [0.15, 0.2) is 237 Å². The monoisotopic (exact) mass is 725 g/mol. The fourth-order valence-corrected chi connectivity index (χ4v) is 8.24. The van der Waals surface area contributed by atoms with E-state index in [1.54, 1.807) is 0 Å². The van der Waals surface area contributed by atoms with E-state index in [9.17, 15) is 0 Å². The third kappa shape index (κ3) is 6.66. The zero-order chi connectivity index (χ0) is 38.0. The van der Waals surface area contributed by atoms with Crippen molar-refractivity contribution in [1.29, 1.82) is 0 Å². The highest BCUT2D eigenvalue weighted by Crippen LogP contribution is 2.42. The van der Waals surface area contributed by atoms with Crippen molar-refractivity contribution < 1.29 is 0 Å². The molecule has 0 atom stereocenters. The molecule has 268 valence electrons. The second-order valence-corrected chi connectivity index (χ2v) is 14.5. The number of fused-ring (bicyclic) bond motifs is 2. The van der Waals surface area contributed by atoms with Gasteiger partial charge in [-0.25, -0.2) is 0 Å². The number of rotatable bonds is 8. The summed E-state index contributed by atoms with van der Waals surface area (Å²) in [6.07, 6.45) is 0. The molecule has 0 saturated carbocycles. The molecule has 0 radical (unpaired) electrons. The van der Waals surface area contributed by atoms with Gasteiger partial charge in [-0.2, -0.15) is 0 Å². The van der Waals surface area contributed by atoms with E-state index >= 15 is 0 Å². The number of hydrogen-bond donors (Lipinski definition) is 0. The van der Waals surface area contributed by atoms with Crippen LogP contribution in [0.25, 0.3) is 77.2 Å². The predicted octanol–water partition coefficient (Wildman–Crippen LogP) is 15.8. The van der Waals surface area contributed by atoms with Crippen LogP contribution in [-0.2, 0) is 0 Å². The van der Waals surface area contributed by atoms with Crippen LogP contribution in [0.1, 0.15) is 0 Å². The highest BCUT2D eigenvalue weighted by atomic mass is 15.1. The van der Waals surface area contributed by atoms with Gasteiger partial charge in [0.15, 0.2) is 0 Å². The Balaban J connectivity index is 1.03. The van der Waals surface area contributed by atoms with Crippen molar-refractivity contribution in [3.63, 3.8) is 0 Å². The summed E-state index contributed by atoms with van der Waals surface area (Å²) in [5.74, 6) is 0.